The van der Waals surface area contributed by atoms with Gasteiger partial charge in [0.1, 0.15) is 5.69 Å². The number of aliphatic hydroxyl groups is 1. The van der Waals surface area contributed by atoms with Crippen molar-refractivity contribution < 1.29 is 5.11 Å². The predicted molar refractivity (Wildman–Crippen MR) is 83.2 cm³/mol. The zero-order valence-corrected chi connectivity index (χ0v) is 13.1. The minimum absolute atomic E-state index is 0.163. The average Bonchev–Trinajstić information content (AvgIpc) is 2.83. The van der Waals surface area contributed by atoms with Gasteiger partial charge in [-0.15, -0.1) is 5.10 Å². The largest absolute Gasteiger partial charge is 0.396 e. The monoisotopic (exact) mass is 392 g/mol. The topological polar surface area (TPSA) is 63.0 Å². The zero-order chi connectivity index (χ0) is 13.7. The molecule has 2 rings (SSSR count). The molecule has 0 unspecified atom stereocenters. The second-order valence-electron chi connectivity index (χ2n) is 4.03. The number of aryl methyl sites for hydroxylation is 1. The number of rotatable bonds is 6. The summed E-state index contributed by atoms with van der Waals surface area (Å²) in [6.45, 7) is 1.45. The van der Waals surface area contributed by atoms with E-state index in [1.807, 2.05) is 24.4 Å². The molecule has 0 spiro atoms. The fourth-order valence-corrected chi connectivity index (χ4v) is 2.64. The van der Waals surface area contributed by atoms with Gasteiger partial charge in [0.2, 0.25) is 0 Å². The molecule has 0 aliphatic heterocycles. The molecule has 1 heterocycles. The summed E-state index contributed by atoms with van der Waals surface area (Å²) in [5.74, 6) is 0. The Kier molecular flexibility index (Phi) is 5.41. The van der Waals surface area contributed by atoms with Crippen LogP contribution >= 0.6 is 34.2 Å². The normalized spacial score (nSPS) is 10.7. The molecular formula is C12H14ClIN4O. The van der Waals surface area contributed by atoms with Crippen LogP contribution in [-0.2, 0) is 13.1 Å². The Labute approximate surface area is 130 Å². The second-order valence-corrected chi connectivity index (χ2v) is 5.63. The van der Waals surface area contributed by atoms with Crippen molar-refractivity contribution in [3.63, 3.8) is 0 Å². The highest BCUT2D eigenvalue weighted by Crippen LogP contribution is 2.22. The number of aliphatic hydroxyl groups excluding tert-OH is 1. The number of anilines is 1. The lowest BCUT2D eigenvalue weighted by atomic mass is 10.3. The summed E-state index contributed by atoms with van der Waals surface area (Å²) in [7, 11) is 0. The molecule has 0 bridgehead atoms. The Morgan fingerprint density at radius 3 is 3.00 bits per heavy atom. The fourth-order valence-electron chi connectivity index (χ4n) is 1.58. The first-order valence-electron chi connectivity index (χ1n) is 5.88. The van der Waals surface area contributed by atoms with E-state index in [0.29, 0.717) is 19.5 Å². The van der Waals surface area contributed by atoms with Crippen LogP contribution in [0.1, 0.15) is 12.1 Å². The van der Waals surface area contributed by atoms with E-state index in [9.17, 15) is 0 Å². The Hall–Kier alpha value is -0.860. The van der Waals surface area contributed by atoms with Crippen LogP contribution < -0.4 is 5.32 Å². The highest BCUT2D eigenvalue weighted by atomic mass is 127. The number of benzene rings is 1. The molecule has 0 radical (unpaired) electrons. The highest BCUT2D eigenvalue weighted by Gasteiger charge is 2.03. The van der Waals surface area contributed by atoms with Gasteiger partial charge in [0.15, 0.2) is 0 Å². The van der Waals surface area contributed by atoms with Crippen molar-refractivity contribution in [2.24, 2.45) is 0 Å². The first-order chi connectivity index (χ1) is 9.19. The lowest BCUT2D eigenvalue weighted by Crippen LogP contribution is -2.02. The van der Waals surface area contributed by atoms with E-state index in [1.165, 1.54) is 0 Å². The third-order valence-electron chi connectivity index (χ3n) is 2.52. The molecule has 0 aliphatic carbocycles. The van der Waals surface area contributed by atoms with Crippen LogP contribution in [-0.4, -0.2) is 26.7 Å². The summed E-state index contributed by atoms with van der Waals surface area (Å²) in [4.78, 5) is 0. The summed E-state index contributed by atoms with van der Waals surface area (Å²) in [6.07, 6.45) is 2.57. The van der Waals surface area contributed by atoms with Gasteiger partial charge in [-0.2, -0.15) is 0 Å². The maximum Gasteiger partial charge on any atom is 0.102 e. The number of aromatic nitrogens is 3. The molecule has 2 aromatic rings. The van der Waals surface area contributed by atoms with Gasteiger partial charge >= 0.3 is 0 Å². The molecule has 1 aromatic carbocycles. The summed E-state index contributed by atoms with van der Waals surface area (Å²) in [6, 6.07) is 5.70. The standard InChI is InChI=1S/C12H14ClIN4O/c13-9-2-3-12(11(14)6-9)15-7-10-8-18(17-16-10)4-1-5-19/h2-3,6,8,15,19H,1,4-5,7H2. The summed E-state index contributed by atoms with van der Waals surface area (Å²) in [5.41, 5.74) is 1.89. The van der Waals surface area contributed by atoms with Crippen molar-refractivity contribution in [3.05, 3.63) is 38.7 Å². The van der Waals surface area contributed by atoms with Crippen LogP contribution in [0.25, 0.3) is 0 Å². The molecule has 0 amide bonds. The van der Waals surface area contributed by atoms with E-state index >= 15 is 0 Å². The van der Waals surface area contributed by atoms with Crippen LogP contribution in [0.5, 0.6) is 0 Å². The van der Waals surface area contributed by atoms with E-state index in [0.717, 1.165) is 20.0 Å². The van der Waals surface area contributed by atoms with Gasteiger partial charge in [0.25, 0.3) is 0 Å². The van der Waals surface area contributed by atoms with Crippen molar-refractivity contribution in [2.45, 2.75) is 19.5 Å². The molecule has 0 saturated heterocycles. The van der Waals surface area contributed by atoms with E-state index in [1.54, 1.807) is 4.68 Å². The first-order valence-corrected chi connectivity index (χ1v) is 7.33. The lowest BCUT2D eigenvalue weighted by molar-refractivity contribution is 0.276. The van der Waals surface area contributed by atoms with Crippen molar-refractivity contribution in [3.8, 4) is 0 Å². The van der Waals surface area contributed by atoms with Crippen molar-refractivity contribution >= 4 is 39.9 Å². The SMILES string of the molecule is OCCCn1cc(CNc2ccc(Cl)cc2I)nn1. The van der Waals surface area contributed by atoms with Crippen LogP contribution in [0.15, 0.2) is 24.4 Å². The highest BCUT2D eigenvalue weighted by molar-refractivity contribution is 14.1. The number of hydrogen-bond acceptors (Lipinski definition) is 4. The van der Waals surface area contributed by atoms with Crippen LogP contribution in [0, 0.1) is 3.57 Å². The van der Waals surface area contributed by atoms with Gasteiger partial charge in [-0.05, 0) is 47.2 Å². The van der Waals surface area contributed by atoms with Gasteiger partial charge in [-0.25, -0.2) is 0 Å². The van der Waals surface area contributed by atoms with Gasteiger partial charge in [-0.3, -0.25) is 4.68 Å². The Balaban J connectivity index is 1.92. The van der Waals surface area contributed by atoms with E-state index < -0.39 is 0 Å². The van der Waals surface area contributed by atoms with Gasteiger partial charge in [-0.1, -0.05) is 16.8 Å². The van der Waals surface area contributed by atoms with Gasteiger partial charge in [0, 0.05) is 27.4 Å². The van der Waals surface area contributed by atoms with Crippen LogP contribution in [0.3, 0.4) is 0 Å². The molecule has 0 fully saturated rings. The molecule has 102 valence electrons. The molecular weight excluding hydrogens is 379 g/mol. The number of nitrogens with zero attached hydrogens (tertiary/aromatic N) is 3. The van der Waals surface area contributed by atoms with Crippen molar-refractivity contribution in [2.75, 3.05) is 11.9 Å². The number of halogens is 2. The third-order valence-corrected chi connectivity index (χ3v) is 3.65. The molecule has 7 heteroatoms. The third kappa shape index (κ3) is 4.32. The van der Waals surface area contributed by atoms with Gasteiger partial charge < -0.3 is 10.4 Å². The lowest BCUT2D eigenvalue weighted by Gasteiger charge is -2.06. The second kappa shape index (κ2) is 7.06. The Morgan fingerprint density at radius 2 is 2.26 bits per heavy atom. The predicted octanol–water partition coefficient (Wildman–Crippen LogP) is 2.53. The van der Waals surface area contributed by atoms with Crippen LogP contribution in [0.4, 0.5) is 5.69 Å². The first kappa shape index (κ1) is 14.5. The zero-order valence-electron chi connectivity index (χ0n) is 10.2. The minimum Gasteiger partial charge on any atom is -0.396 e. The molecule has 1 aromatic heterocycles. The molecule has 0 aliphatic rings. The maximum atomic E-state index is 8.75. The van der Waals surface area contributed by atoms with E-state index in [2.05, 4.69) is 38.2 Å². The summed E-state index contributed by atoms with van der Waals surface area (Å²) in [5, 5.41) is 20.8. The van der Waals surface area contributed by atoms with E-state index in [-0.39, 0.29) is 6.61 Å². The molecule has 2 N–H and O–H groups in total. The minimum atomic E-state index is 0.163. The Morgan fingerprint density at radius 1 is 1.42 bits per heavy atom. The molecule has 5 nitrogen and oxygen atoms in total. The van der Waals surface area contributed by atoms with Crippen molar-refractivity contribution in [1.82, 2.24) is 15.0 Å². The van der Waals surface area contributed by atoms with Crippen LogP contribution in [0.2, 0.25) is 5.02 Å². The molecule has 0 saturated carbocycles. The quantitative estimate of drug-likeness (QED) is 0.742. The number of nitrogens with one attached hydrogen (secondary N) is 1. The molecule has 19 heavy (non-hydrogen) atoms. The summed E-state index contributed by atoms with van der Waals surface area (Å²) >= 11 is 8.14. The number of hydrogen-bond donors (Lipinski definition) is 2. The Bertz CT molecular complexity index is 546. The fraction of sp³-hybridized carbons (Fsp3) is 0.333. The smallest absolute Gasteiger partial charge is 0.102 e. The average molecular weight is 393 g/mol. The maximum absolute atomic E-state index is 8.75. The molecule has 0 atom stereocenters. The van der Waals surface area contributed by atoms with Crippen molar-refractivity contribution in [1.29, 1.82) is 0 Å². The van der Waals surface area contributed by atoms with Gasteiger partial charge in [0.05, 0.1) is 12.7 Å². The summed E-state index contributed by atoms with van der Waals surface area (Å²) < 4.78 is 2.80. The van der Waals surface area contributed by atoms with E-state index in [4.69, 9.17) is 16.7 Å².